The Hall–Kier alpha value is -1.35. The summed E-state index contributed by atoms with van der Waals surface area (Å²) in [4.78, 5) is 11.9. The molecule has 3 heteroatoms. The highest BCUT2D eigenvalue weighted by molar-refractivity contribution is 5.93. The molecule has 0 aromatic heterocycles. The zero-order valence-electron chi connectivity index (χ0n) is 10.7. The van der Waals surface area contributed by atoms with E-state index >= 15 is 0 Å². The molecule has 0 radical (unpaired) electrons. The van der Waals surface area contributed by atoms with E-state index in [9.17, 15) is 4.79 Å². The van der Waals surface area contributed by atoms with Crippen molar-refractivity contribution >= 4 is 11.6 Å². The molecule has 0 fully saturated rings. The summed E-state index contributed by atoms with van der Waals surface area (Å²) in [6.45, 7) is 4.59. The Morgan fingerprint density at radius 3 is 2.76 bits per heavy atom. The molecular weight excluding hydrogens is 212 g/mol. The summed E-state index contributed by atoms with van der Waals surface area (Å²) in [6, 6.07) is 7.97. The number of para-hydroxylation sites is 1. The molecule has 3 N–H and O–H groups in total. The van der Waals surface area contributed by atoms with Crippen LogP contribution in [0.3, 0.4) is 0 Å². The lowest BCUT2D eigenvalue weighted by Crippen LogP contribution is -2.23. The molecular formula is C14H22N2O. The Morgan fingerprint density at radius 2 is 2.12 bits per heavy atom. The Labute approximate surface area is 103 Å². The van der Waals surface area contributed by atoms with Crippen molar-refractivity contribution in [2.75, 3.05) is 11.9 Å². The van der Waals surface area contributed by atoms with Gasteiger partial charge in [0.1, 0.15) is 0 Å². The summed E-state index contributed by atoms with van der Waals surface area (Å²) in [5.74, 6) is 0.0219. The van der Waals surface area contributed by atoms with Crippen LogP contribution in [-0.4, -0.2) is 12.5 Å². The molecule has 3 nitrogen and oxygen atoms in total. The fourth-order valence-corrected chi connectivity index (χ4v) is 1.77. The number of nitrogens with two attached hydrogens (primary N) is 1. The van der Waals surface area contributed by atoms with Gasteiger partial charge in [0.2, 0.25) is 5.91 Å². The van der Waals surface area contributed by atoms with Crippen LogP contribution in [0.15, 0.2) is 24.3 Å². The zero-order valence-corrected chi connectivity index (χ0v) is 10.7. The lowest BCUT2D eigenvalue weighted by molar-refractivity contribution is -0.119. The summed E-state index contributed by atoms with van der Waals surface area (Å²) in [5, 5.41) is 2.99. The molecule has 17 heavy (non-hydrogen) atoms. The molecule has 0 heterocycles. The molecule has 0 aliphatic carbocycles. The van der Waals surface area contributed by atoms with Crippen LogP contribution in [0.25, 0.3) is 0 Å². The molecule has 0 spiro atoms. The van der Waals surface area contributed by atoms with Crippen molar-refractivity contribution in [3.05, 3.63) is 29.8 Å². The van der Waals surface area contributed by atoms with Gasteiger partial charge in [-0.25, -0.2) is 0 Å². The minimum atomic E-state index is -0.0327. The third-order valence-corrected chi connectivity index (χ3v) is 2.84. The van der Waals surface area contributed by atoms with Gasteiger partial charge in [-0.1, -0.05) is 38.5 Å². The van der Waals surface area contributed by atoms with Crippen LogP contribution in [0, 0.1) is 5.92 Å². The van der Waals surface area contributed by atoms with Gasteiger partial charge in [-0.15, -0.1) is 0 Å². The molecule has 0 saturated heterocycles. The highest BCUT2D eigenvalue weighted by Gasteiger charge is 2.13. The van der Waals surface area contributed by atoms with Crippen LogP contribution in [0.1, 0.15) is 32.3 Å². The van der Waals surface area contributed by atoms with Crippen molar-refractivity contribution in [1.82, 2.24) is 0 Å². The van der Waals surface area contributed by atoms with E-state index in [0.29, 0.717) is 6.54 Å². The maximum Gasteiger partial charge on any atom is 0.227 e. The molecule has 1 aromatic carbocycles. The second-order valence-corrected chi connectivity index (χ2v) is 4.37. The highest BCUT2D eigenvalue weighted by atomic mass is 16.1. The number of anilines is 1. The second-order valence-electron chi connectivity index (χ2n) is 4.37. The molecule has 0 aliphatic rings. The maximum atomic E-state index is 11.9. The molecule has 1 aromatic rings. The van der Waals surface area contributed by atoms with Gasteiger partial charge in [0.15, 0.2) is 0 Å². The summed E-state index contributed by atoms with van der Waals surface area (Å²) in [6.07, 6.45) is 2.79. The van der Waals surface area contributed by atoms with Crippen molar-refractivity contribution in [2.45, 2.75) is 33.1 Å². The van der Waals surface area contributed by atoms with E-state index in [2.05, 4.69) is 18.3 Å². The number of benzene rings is 1. The monoisotopic (exact) mass is 234 g/mol. The van der Waals surface area contributed by atoms with Crippen molar-refractivity contribution in [3.8, 4) is 0 Å². The van der Waals surface area contributed by atoms with Gasteiger partial charge in [-0.3, -0.25) is 4.79 Å². The number of carbonyl (C=O) groups excluding carboxylic acids is 1. The average molecular weight is 234 g/mol. The van der Waals surface area contributed by atoms with E-state index in [4.69, 9.17) is 5.73 Å². The molecule has 1 atom stereocenters. The number of nitrogens with one attached hydrogen (secondary N) is 1. The Kier molecular flexibility index (Phi) is 5.70. The molecule has 1 unspecified atom stereocenters. The largest absolute Gasteiger partial charge is 0.330 e. The predicted molar refractivity (Wildman–Crippen MR) is 71.9 cm³/mol. The van der Waals surface area contributed by atoms with Crippen LogP contribution in [0.4, 0.5) is 5.69 Å². The van der Waals surface area contributed by atoms with Gasteiger partial charge in [0.25, 0.3) is 0 Å². The number of carbonyl (C=O) groups is 1. The minimum absolute atomic E-state index is 0.0327. The maximum absolute atomic E-state index is 11.9. The fourth-order valence-electron chi connectivity index (χ4n) is 1.77. The summed E-state index contributed by atoms with van der Waals surface area (Å²) in [7, 11) is 0. The molecule has 1 rings (SSSR count). The molecule has 0 aliphatic heterocycles. The van der Waals surface area contributed by atoms with Gasteiger partial charge in [-0.05, 0) is 31.0 Å². The van der Waals surface area contributed by atoms with E-state index in [0.717, 1.165) is 24.9 Å². The lowest BCUT2D eigenvalue weighted by Gasteiger charge is -2.14. The van der Waals surface area contributed by atoms with Gasteiger partial charge in [0, 0.05) is 11.6 Å². The van der Waals surface area contributed by atoms with E-state index in [-0.39, 0.29) is 11.8 Å². The summed E-state index contributed by atoms with van der Waals surface area (Å²) >= 11 is 0. The van der Waals surface area contributed by atoms with Crippen LogP contribution in [-0.2, 0) is 11.2 Å². The van der Waals surface area contributed by atoms with E-state index < -0.39 is 0 Å². The highest BCUT2D eigenvalue weighted by Crippen LogP contribution is 2.18. The number of hydrogen-bond acceptors (Lipinski definition) is 2. The van der Waals surface area contributed by atoms with E-state index in [1.807, 2.05) is 25.1 Å². The van der Waals surface area contributed by atoms with E-state index in [1.165, 1.54) is 5.56 Å². The van der Waals surface area contributed by atoms with Gasteiger partial charge < -0.3 is 11.1 Å². The van der Waals surface area contributed by atoms with Gasteiger partial charge in [0.05, 0.1) is 0 Å². The van der Waals surface area contributed by atoms with Crippen LogP contribution >= 0.6 is 0 Å². The zero-order chi connectivity index (χ0) is 12.7. The normalized spacial score (nSPS) is 12.2. The smallest absolute Gasteiger partial charge is 0.227 e. The number of rotatable bonds is 6. The fraction of sp³-hybridized carbons (Fsp3) is 0.500. The van der Waals surface area contributed by atoms with Gasteiger partial charge in [-0.2, -0.15) is 0 Å². The Bertz CT molecular complexity index is 363. The van der Waals surface area contributed by atoms with Crippen LogP contribution in [0.5, 0.6) is 0 Å². The topological polar surface area (TPSA) is 55.1 Å². The summed E-state index contributed by atoms with van der Waals surface area (Å²) in [5.41, 5.74) is 7.59. The number of hydrogen-bond donors (Lipinski definition) is 2. The van der Waals surface area contributed by atoms with Crippen molar-refractivity contribution in [2.24, 2.45) is 11.7 Å². The van der Waals surface area contributed by atoms with Crippen LogP contribution < -0.4 is 11.1 Å². The van der Waals surface area contributed by atoms with Crippen LogP contribution in [0.2, 0.25) is 0 Å². The first-order chi connectivity index (χ1) is 8.19. The number of amides is 1. The van der Waals surface area contributed by atoms with Crippen molar-refractivity contribution in [3.63, 3.8) is 0 Å². The van der Waals surface area contributed by atoms with E-state index in [1.54, 1.807) is 0 Å². The molecule has 1 amide bonds. The van der Waals surface area contributed by atoms with Crippen molar-refractivity contribution in [1.29, 1.82) is 0 Å². The first-order valence-electron chi connectivity index (χ1n) is 6.27. The minimum Gasteiger partial charge on any atom is -0.330 e. The second kappa shape index (κ2) is 7.07. The first-order valence-corrected chi connectivity index (χ1v) is 6.27. The molecule has 94 valence electrons. The quantitative estimate of drug-likeness (QED) is 0.794. The predicted octanol–water partition coefficient (Wildman–Crippen LogP) is 2.56. The SMILES string of the molecule is CCCc1ccccc1NC(=O)C(C)CCN. The lowest BCUT2D eigenvalue weighted by atomic mass is 10.1. The molecule has 0 bridgehead atoms. The molecule has 0 saturated carbocycles. The third-order valence-electron chi connectivity index (χ3n) is 2.84. The summed E-state index contributed by atoms with van der Waals surface area (Å²) < 4.78 is 0. The standard InChI is InChI=1S/C14H22N2O/c1-3-6-12-7-4-5-8-13(12)16-14(17)11(2)9-10-15/h4-5,7-8,11H,3,6,9-10,15H2,1-2H3,(H,16,17). The Balaban J connectivity index is 2.70. The Morgan fingerprint density at radius 1 is 1.41 bits per heavy atom. The number of aryl methyl sites for hydroxylation is 1. The first kappa shape index (κ1) is 13.7. The average Bonchev–Trinajstić information content (AvgIpc) is 2.32. The van der Waals surface area contributed by atoms with Crippen molar-refractivity contribution < 1.29 is 4.79 Å². The van der Waals surface area contributed by atoms with Gasteiger partial charge >= 0.3 is 0 Å². The third kappa shape index (κ3) is 4.19.